The maximum Gasteiger partial charge on any atom is 0.0576 e. The van der Waals surface area contributed by atoms with Crippen molar-refractivity contribution >= 4 is 0 Å². The van der Waals surface area contributed by atoms with Gasteiger partial charge in [0.05, 0.1) is 6.10 Å². The molecule has 0 aromatic heterocycles. The summed E-state index contributed by atoms with van der Waals surface area (Å²) in [6.45, 7) is 10.3. The van der Waals surface area contributed by atoms with Crippen LogP contribution in [0.1, 0.15) is 65.7 Å². The molecule has 0 bridgehead atoms. The fraction of sp³-hybridized carbons (Fsp3) is 1.00. The lowest BCUT2D eigenvalue weighted by atomic mass is 9.82. The van der Waals surface area contributed by atoms with Crippen LogP contribution < -0.4 is 5.32 Å². The summed E-state index contributed by atoms with van der Waals surface area (Å²) >= 11 is 0. The van der Waals surface area contributed by atoms with Crippen LogP contribution in [0, 0.1) is 5.41 Å². The Hall–Kier alpha value is -0.0800. The summed E-state index contributed by atoms with van der Waals surface area (Å²) in [5.41, 5.74) is 0.480. The summed E-state index contributed by atoms with van der Waals surface area (Å²) < 4.78 is 5.68. The minimum Gasteiger partial charge on any atom is -0.378 e. The highest BCUT2D eigenvalue weighted by atomic mass is 16.5. The quantitative estimate of drug-likeness (QED) is 0.621. The summed E-state index contributed by atoms with van der Waals surface area (Å²) in [4.78, 5) is 0. The smallest absolute Gasteiger partial charge is 0.0576 e. The molecule has 1 heterocycles. The minimum absolute atomic E-state index is 0.480. The Kier molecular flexibility index (Phi) is 7.14. The third-order valence-electron chi connectivity index (χ3n) is 4.16. The topological polar surface area (TPSA) is 21.3 Å². The van der Waals surface area contributed by atoms with Gasteiger partial charge in [-0.15, -0.1) is 0 Å². The second-order valence-corrected chi connectivity index (χ2v) is 5.87. The van der Waals surface area contributed by atoms with Gasteiger partial charge in [-0.25, -0.2) is 0 Å². The van der Waals surface area contributed by atoms with Crippen molar-refractivity contribution < 1.29 is 4.74 Å². The Balaban J connectivity index is 2.15. The van der Waals surface area contributed by atoms with Crippen LogP contribution in [0.3, 0.4) is 0 Å². The molecule has 0 aliphatic carbocycles. The summed E-state index contributed by atoms with van der Waals surface area (Å²) in [5, 5.41) is 3.57. The lowest BCUT2D eigenvalue weighted by molar-refractivity contribution is 0.0976. The zero-order valence-electron chi connectivity index (χ0n) is 12.1. The lowest BCUT2D eigenvalue weighted by Crippen LogP contribution is -2.32. The van der Waals surface area contributed by atoms with E-state index in [1.807, 2.05) is 0 Å². The average molecular weight is 241 g/mol. The van der Waals surface area contributed by atoms with E-state index in [2.05, 4.69) is 26.1 Å². The largest absolute Gasteiger partial charge is 0.378 e. The summed E-state index contributed by atoms with van der Waals surface area (Å²) in [6.07, 6.45) is 9.56. The molecule has 1 saturated heterocycles. The summed E-state index contributed by atoms with van der Waals surface area (Å²) in [6, 6.07) is 0. The second kappa shape index (κ2) is 8.10. The Morgan fingerprint density at radius 2 is 2.18 bits per heavy atom. The van der Waals surface area contributed by atoms with E-state index in [0.29, 0.717) is 11.5 Å². The van der Waals surface area contributed by atoms with Gasteiger partial charge in [-0.2, -0.15) is 0 Å². The highest BCUT2D eigenvalue weighted by Gasteiger charge is 2.22. The van der Waals surface area contributed by atoms with Gasteiger partial charge < -0.3 is 10.1 Å². The Labute approximate surface area is 108 Å². The molecule has 1 fully saturated rings. The van der Waals surface area contributed by atoms with Crippen molar-refractivity contribution in [3.63, 3.8) is 0 Å². The molecular formula is C15H31NO. The van der Waals surface area contributed by atoms with Crippen LogP contribution in [0.15, 0.2) is 0 Å². The van der Waals surface area contributed by atoms with Crippen molar-refractivity contribution in [2.45, 2.75) is 71.8 Å². The molecule has 2 heteroatoms. The maximum absolute atomic E-state index is 5.68. The third kappa shape index (κ3) is 5.87. The van der Waals surface area contributed by atoms with Crippen molar-refractivity contribution in [2.75, 3.05) is 19.7 Å². The molecule has 1 aliphatic heterocycles. The van der Waals surface area contributed by atoms with E-state index in [1.54, 1.807) is 0 Å². The highest BCUT2D eigenvalue weighted by molar-refractivity contribution is 4.76. The van der Waals surface area contributed by atoms with Crippen LogP contribution in [0.4, 0.5) is 0 Å². The first kappa shape index (κ1) is 15.0. The van der Waals surface area contributed by atoms with E-state index in [-0.39, 0.29) is 0 Å². The van der Waals surface area contributed by atoms with Crippen LogP contribution in [0.25, 0.3) is 0 Å². The van der Waals surface area contributed by atoms with Gasteiger partial charge in [0.1, 0.15) is 0 Å². The Bertz CT molecular complexity index is 189. The summed E-state index contributed by atoms with van der Waals surface area (Å²) in [5.74, 6) is 0. The molecule has 17 heavy (non-hydrogen) atoms. The molecule has 0 aromatic carbocycles. The van der Waals surface area contributed by atoms with E-state index in [9.17, 15) is 0 Å². The lowest BCUT2D eigenvalue weighted by Gasteiger charge is -2.29. The molecule has 0 aromatic rings. The predicted molar refractivity (Wildman–Crippen MR) is 74.4 cm³/mol. The number of rotatable bonds is 9. The Morgan fingerprint density at radius 3 is 2.76 bits per heavy atom. The van der Waals surface area contributed by atoms with E-state index >= 15 is 0 Å². The van der Waals surface area contributed by atoms with E-state index in [4.69, 9.17) is 4.74 Å². The van der Waals surface area contributed by atoms with Gasteiger partial charge in [0.15, 0.2) is 0 Å². The van der Waals surface area contributed by atoms with Gasteiger partial charge in [-0.1, -0.05) is 27.2 Å². The molecule has 1 N–H and O–H groups in total. The fourth-order valence-corrected chi connectivity index (χ4v) is 2.59. The van der Waals surface area contributed by atoms with Crippen LogP contribution in [-0.2, 0) is 4.74 Å². The molecule has 0 amide bonds. The van der Waals surface area contributed by atoms with Crippen LogP contribution >= 0.6 is 0 Å². The van der Waals surface area contributed by atoms with Gasteiger partial charge in [-0.05, 0) is 50.5 Å². The van der Waals surface area contributed by atoms with E-state index < -0.39 is 0 Å². The van der Waals surface area contributed by atoms with E-state index in [0.717, 1.165) is 13.2 Å². The molecule has 1 aliphatic rings. The first-order chi connectivity index (χ1) is 8.20. The number of nitrogens with one attached hydrogen (secondary N) is 1. The number of hydrogen-bond donors (Lipinski definition) is 1. The minimum atomic E-state index is 0.480. The van der Waals surface area contributed by atoms with Crippen molar-refractivity contribution in [3.05, 3.63) is 0 Å². The zero-order chi connectivity index (χ0) is 12.6. The number of hydrogen-bond acceptors (Lipinski definition) is 2. The van der Waals surface area contributed by atoms with E-state index in [1.165, 1.54) is 51.5 Å². The fourth-order valence-electron chi connectivity index (χ4n) is 2.59. The van der Waals surface area contributed by atoms with Crippen LogP contribution in [0.5, 0.6) is 0 Å². The predicted octanol–water partition coefficient (Wildman–Crippen LogP) is 3.75. The van der Waals surface area contributed by atoms with Crippen LogP contribution in [-0.4, -0.2) is 25.8 Å². The third-order valence-corrected chi connectivity index (χ3v) is 4.16. The molecular weight excluding hydrogens is 210 g/mol. The second-order valence-electron chi connectivity index (χ2n) is 5.87. The van der Waals surface area contributed by atoms with Gasteiger partial charge >= 0.3 is 0 Å². The molecule has 2 atom stereocenters. The molecule has 0 radical (unpaired) electrons. The van der Waals surface area contributed by atoms with Gasteiger partial charge in [-0.3, -0.25) is 0 Å². The normalized spacial score (nSPS) is 23.8. The van der Waals surface area contributed by atoms with Crippen molar-refractivity contribution in [3.8, 4) is 0 Å². The Morgan fingerprint density at radius 1 is 1.35 bits per heavy atom. The molecule has 0 saturated carbocycles. The van der Waals surface area contributed by atoms with Gasteiger partial charge in [0.2, 0.25) is 0 Å². The standard InChI is InChI=1S/C15H31NO/c1-4-11-16-13-15(3,5-2)10-6-8-14-9-7-12-17-14/h14,16H,4-13H2,1-3H3. The van der Waals surface area contributed by atoms with Crippen molar-refractivity contribution in [2.24, 2.45) is 5.41 Å². The highest BCUT2D eigenvalue weighted by Crippen LogP contribution is 2.29. The first-order valence-electron chi connectivity index (χ1n) is 7.52. The van der Waals surface area contributed by atoms with Crippen LogP contribution in [0.2, 0.25) is 0 Å². The molecule has 1 rings (SSSR count). The SMILES string of the molecule is CCCNCC(C)(CC)CCCC1CCCO1. The zero-order valence-corrected chi connectivity index (χ0v) is 12.1. The van der Waals surface area contributed by atoms with Gasteiger partial charge in [0.25, 0.3) is 0 Å². The molecule has 2 unspecified atom stereocenters. The molecule has 2 nitrogen and oxygen atoms in total. The molecule has 102 valence electrons. The van der Waals surface area contributed by atoms with Crippen molar-refractivity contribution in [1.82, 2.24) is 5.32 Å². The van der Waals surface area contributed by atoms with Crippen molar-refractivity contribution in [1.29, 1.82) is 0 Å². The summed E-state index contributed by atoms with van der Waals surface area (Å²) in [7, 11) is 0. The number of ether oxygens (including phenoxy) is 1. The van der Waals surface area contributed by atoms with Gasteiger partial charge in [0, 0.05) is 13.2 Å². The monoisotopic (exact) mass is 241 g/mol. The first-order valence-corrected chi connectivity index (χ1v) is 7.52. The molecule has 0 spiro atoms. The maximum atomic E-state index is 5.68. The average Bonchev–Trinajstić information content (AvgIpc) is 2.82.